The fourth-order valence-electron chi connectivity index (χ4n) is 1.48. The fraction of sp³-hybridized carbons (Fsp3) is 0.727. The second-order valence-electron chi connectivity index (χ2n) is 3.63. The van der Waals surface area contributed by atoms with Crippen LogP contribution in [0, 0.1) is 0 Å². The molecule has 0 amide bonds. The molecule has 0 bridgehead atoms. The van der Waals surface area contributed by atoms with Crippen molar-refractivity contribution in [3.05, 3.63) is 16.6 Å². The van der Waals surface area contributed by atoms with Gasteiger partial charge in [-0.05, 0) is 28.8 Å². The lowest BCUT2D eigenvalue weighted by molar-refractivity contribution is 0.591. The van der Waals surface area contributed by atoms with Crippen LogP contribution in [0.5, 0.6) is 0 Å². The van der Waals surface area contributed by atoms with Crippen LogP contribution in [0.25, 0.3) is 0 Å². The van der Waals surface area contributed by atoms with Crippen LogP contribution >= 0.6 is 15.9 Å². The van der Waals surface area contributed by atoms with Gasteiger partial charge in [0.2, 0.25) is 0 Å². The summed E-state index contributed by atoms with van der Waals surface area (Å²) in [6, 6.07) is 0. The molecule has 2 nitrogen and oxygen atoms in total. The highest BCUT2D eigenvalue weighted by Crippen LogP contribution is 2.13. The molecule has 0 N–H and O–H groups in total. The Morgan fingerprint density at radius 2 is 2.00 bits per heavy atom. The van der Waals surface area contributed by atoms with E-state index in [-0.39, 0.29) is 0 Å². The molecular weight excluding hydrogens is 240 g/mol. The molecule has 14 heavy (non-hydrogen) atoms. The molecule has 1 heterocycles. The molecule has 0 fully saturated rings. The maximum atomic E-state index is 4.48. The minimum Gasteiger partial charge on any atom is -0.334 e. The molecule has 0 radical (unpaired) electrons. The van der Waals surface area contributed by atoms with Gasteiger partial charge in [0, 0.05) is 19.2 Å². The lowest BCUT2D eigenvalue weighted by Gasteiger charge is -2.05. The highest BCUT2D eigenvalue weighted by Gasteiger charge is 2.04. The summed E-state index contributed by atoms with van der Waals surface area (Å²) in [7, 11) is 0. The maximum absolute atomic E-state index is 4.48. The minimum absolute atomic E-state index is 0.972. The largest absolute Gasteiger partial charge is 0.334 e. The van der Waals surface area contributed by atoms with Crippen LogP contribution < -0.4 is 0 Å². The summed E-state index contributed by atoms with van der Waals surface area (Å²) in [5, 5.41) is 0. The van der Waals surface area contributed by atoms with E-state index < -0.39 is 0 Å². The van der Waals surface area contributed by atoms with Crippen molar-refractivity contribution in [1.29, 1.82) is 0 Å². The van der Waals surface area contributed by atoms with E-state index >= 15 is 0 Å². The van der Waals surface area contributed by atoms with Crippen LogP contribution in [0.15, 0.2) is 10.8 Å². The van der Waals surface area contributed by atoms with Crippen LogP contribution in [-0.2, 0) is 13.0 Å². The quantitative estimate of drug-likeness (QED) is 0.760. The average Bonchev–Trinajstić information content (AvgIpc) is 2.52. The molecule has 1 rings (SSSR count). The molecule has 0 saturated carbocycles. The Morgan fingerprint density at radius 1 is 1.29 bits per heavy atom. The predicted molar refractivity (Wildman–Crippen MR) is 63.4 cm³/mol. The second-order valence-corrected chi connectivity index (χ2v) is 4.44. The topological polar surface area (TPSA) is 17.8 Å². The van der Waals surface area contributed by atoms with E-state index in [4.69, 9.17) is 0 Å². The summed E-state index contributed by atoms with van der Waals surface area (Å²) in [4.78, 5) is 4.48. The van der Waals surface area contributed by atoms with Crippen molar-refractivity contribution in [3.8, 4) is 0 Å². The predicted octanol–water partition coefficient (Wildman–Crippen LogP) is 3.79. The number of rotatable bonds is 6. The van der Waals surface area contributed by atoms with Crippen molar-refractivity contribution in [2.24, 2.45) is 0 Å². The number of hydrogen-bond acceptors (Lipinski definition) is 1. The molecule has 0 atom stereocenters. The van der Waals surface area contributed by atoms with Crippen molar-refractivity contribution in [3.63, 3.8) is 0 Å². The van der Waals surface area contributed by atoms with Gasteiger partial charge in [-0.2, -0.15) is 0 Å². The Kier molecular flexibility index (Phi) is 5.23. The molecule has 0 aromatic carbocycles. The van der Waals surface area contributed by atoms with Gasteiger partial charge in [0.05, 0.1) is 0 Å². The van der Waals surface area contributed by atoms with E-state index in [9.17, 15) is 0 Å². The molecule has 0 spiro atoms. The average molecular weight is 259 g/mol. The van der Waals surface area contributed by atoms with E-state index in [1.807, 2.05) is 0 Å². The second kappa shape index (κ2) is 6.23. The molecule has 0 aliphatic carbocycles. The summed E-state index contributed by atoms with van der Waals surface area (Å²) in [6.45, 7) is 5.54. The van der Waals surface area contributed by atoms with Gasteiger partial charge in [0.15, 0.2) is 0 Å². The van der Waals surface area contributed by atoms with Crippen molar-refractivity contribution in [1.82, 2.24) is 9.55 Å². The third-order valence-electron chi connectivity index (χ3n) is 2.34. The van der Waals surface area contributed by atoms with Gasteiger partial charge in [-0.3, -0.25) is 0 Å². The molecule has 0 aliphatic rings. The van der Waals surface area contributed by atoms with Gasteiger partial charge in [-0.1, -0.05) is 26.7 Å². The minimum atomic E-state index is 0.972. The Balaban J connectivity index is 2.60. The van der Waals surface area contributed by atoms with Gasteiger partial charge in [0.1, 0.15) is 10.4 Å². The van der Waals surface area contributed by atoms with Gasteiger partial charge in [0.25, 0.3) is 0 Å². The highest BCUT2D eigenvalue weighted by molar-refractivity contribution is 9.10. The fourth-order valence-corrected chi connectivity index (χ4v) is 1.93. The first-order valence-electron chi connectivity index (χ1n) is 5.49. The van der Waals surface area contributed by atoms with Crippen molar-refractivity contribution in [2.45, 2.75) is 52.5 Å². The van der Waals surface area contributed by atoms with Crippen LogP contribution in [0.1, 0.15) is 45.4 Å². The zero-order valence-corrected chi connectivity index (χ0v) is 10.7. The number of aryl methyl sites for hydroxylation is 2. The van der Waals surface area contributed by atoms with Crippen LogP contribution in [0.3, 0.4) is 0 Å². The summed E-state index contributed by atoms with van der Waals surface area (Å²) < 4.78 is 3.25. The Morgan fingerprint density at radius 3 is 2.64 bits per heavy atom. The van der Waals surface area contributed by atoms with E-state index in [0.29, 0.717) is 0 Å². The summed E-state index contributed by atoms with van der Waals surface area (Å²) >= 11 is 3.43. The molecular formula is C11H19BrN2. The van der Waals surface area contributed by atoms with Crippen molar-refractivity contribution in [2.75, 3.05) is 0 Å². The van der Waals surface area contributed by atoms with Gasteiger partial charge >= 0.3 is 0 Å². The number of aromatic nitrogens is 2. The summed E-state index contributed by atoms with van der Waals surface area (Å²) in [6.07, 6.45) is 8.14. The monoisotopic (exact) mass is 258 g/mol. The van der Waals surface area contributed by atoms with Crippen LogP contribution in [0.4, 0.5) is 0 Å². The molecule has 0 saturated heterocycles. The summed E-state index contributed by atoms with van der Waals surface area (Å²) in [5.41, 5.74) is 0. The third kappa shape index (κ3) is 3.45. The first-order valence-corrected chi connectivity index (χ1v) is 6.28. The zero-order chi connectivity index (χ0) is 10.4. The first-order chi connectivity index (χ1) is 6.77. The Hall–Kier alpha value is -0.310. The van der Waals surface area contributed by atoms with E-state index in [1.54, 1.807) is 0 Å². The SMILES string of the molecule is CCCCc1nc(Br)cn1CCCC. The molecule has 3 heteroatoms. The molecule has 0 unspecified atom stereocenters. The van der Waals surface area contributed by atoms with Gasteiger partial charge in [-0.25, -0.2) is 4.98 Å². The van der Waals surface area contributed by atoms with E-state index in [2.05, 4.69) is 45.5 Å². The lowest BCUT2D eigenvalue weighted by atomic mass is 10.2. The molecule has 1 aromatic heterocycles. The number of halogens is 1. The van der Waals surface area contributed by atoms with E-state index in [1.165, 1.54) is 31.5 Å². The maximum Gasteiger partial charge on any atom is 0.124 e. The third-order valence-corrected chi connectivity index (χ3v) is 2.72. The number of nitrogens with zero attached hydrogens (tertiary/aromatic N) is 2. The lowest BCUT2D eigenvalue weighted by Crippen LogP contribution is -2.02. The smallest absolute Gasteiger partial charge is 0.124 e. The van der Waals surface area contributed by atoms with Crippen molar-refractivity contribution >= 4 is 15.9 Å². The first kappa shape index (κ1) is 11.8. The number of unbranched alkanes of at least 4 members (excludes halogenated alkanes) is 2. The van der Waals surface area contributed by atoms with E-state index in [0.717, 1.165) is 17.6 Å². The summed E-state index contributed by atoms with van der Waals surface area (Å²) in [5.74, 6) is 1.23. The normalized spacial score (nSPS) is 10.8. The molecule has 1 aromatic rings. The van der Waals surface area contributed by atoms with Gasteiger partial charge < -0.3 is 4.57 Å². The molecule has 80 valence electrons. The molecule has 0 aliphatic heterocycles. The Labute approximate surface area is 94.9 Å². The van der Waals surface area contributed by atoms with Crippen molar-refractivity contribution < 1.29 is 0 Å². The number of imidazole rings is 1. The Bertz CT molecular complexity index is 243. The standard InChI is InChI=1S/C11H19BrN2/c1-3-5-7-11-13-10(12)9-14(11)8-6-4-2/h9H,3-8H2,1-2H3. The number of hydrogen-bond donors (Lipinski definition) is 0. The zero-order valence-electron chi connectivity index (χ0n) is 9.09. The van der Waals surface area contributed by atoms with Crippen LogP contribution in [0.2, 0.25) is 0 Å². The van der Waals surface area contributed by atoms with Crippen LogP contribution in [-0.4, -0.2) is 9.55 Å². The van der Waals surface area contributed by atoms with Gasteiger partial charge in [-0.15, -0.1) is 0 Å². The highest BCUT2D eigenvalue weighted by atomic mass is 79.9.